The Bertz CT molecular complexity index is 425. The van der Waals surface area contributed by atoms with Gasteiger partial charge in [-0.25, -0.2) is 0 Å². The summed E-state index contributed by atoms with van der Waals surface area (Å²) in [6.45, 7) is 2.23. The van der Waals surface area contributed by atoms with Crippen LogP contribution in [0.25, 0.3) is 0 Å². The number of rotatable bonds is 9. The Morgan fingerprint density at radius 1 is 1.00 bits per heavy atom. The minimum atomic E-state index is 0.249. The molecule has 0 aliphatic rings. The standard InChI is InChI=1S/C16H24N2O2/c1-2-3-4-5-6-7-8-14-9-11-15(12-10-14)16(18-20)13-17-19/h9-13,19-20H,2-8H2,1H3/b17-13+,18-16-. The van der Waals surface area contributed by atoms with Crippen molar-refractivity contribution in [3.05, 3.63) is 35.4 Å². The molecule has 1 aromatic carbocycles. The highest BCUT2D eigenvalue weighted by atomic mass is 16.4. The van der Waals surface area contributed by atoms with Crippen LogP contribution in [0, 0.1) is 0 Å². The molecule has 0 fully saturated rings. The summed E-state index contributed by atoms with van der Waals surface area (Å²) in [5.41, 5.74) is 2.26. The number of unbranched alkanes of at least 4 members (excludes halogenated alkanes) is 5. The average molecular weight is 276 g/mol. The van der Waals surface area contributed by atoms with E-state index in [0.29, 0.717) is 0 Å². The molecule has 1 rings (SSSR count). The van der Waals surface area contributed by atoms with Crippen molar-refractivity contribution in [1.29, 1.82) is 0 Å². The number of hydrogen-bond donors (Lipinski definition) is 2. The van der Waals surface area contributed by atoms with Crippen molar-refractivity contribution in [1.82, 2.24) is 0 Å². The first-order valence-corrected chi connectivity index (χ1v) is 7.30. The summed E-state index contributed by atoms with van der Waals surface area (Å²) in [7, 11) is 0. The molecule has 1 aromatic rings. The molecule has 0 bridgehead atoms. The van der Waals surface area contributed by atoms with E-state index in [9.17, 15) is 0 Å². The molecule has 4 heteroatoms. The summed E-state index contributed by atoms with van der Waals surface area (Å²) in [6, 6.07) is 7.81. The van der Waals surface area contributed by atoms with E-state index in [1.165, 1.54) is 44.1 Å². The van der Waals surface area contributed by atoms with E-state index in [0.717, 1.165) is 18.2 Å². The Balaban J connectivity index is 2.39. The molecule has 0 saturated heterocycles. The van der Waals surface area contributed by atoms with Crippen LogP contribution in [-0.2, 0) is 6.42 Å². The summed E-state index contributed by atoms with van der Waals surface area (Å²) in [5.74, 6) is 0. The average Bonchev–Trinajstić information content (AvgIpc) is 2.49. The van der Waals surface area contributed by atoms with E-state index in [-0.39, 0.29) is 5.71 Å². The monoisotopic (exact) mass is 276 g/mol. The summed E-state index contributed by atoms with van der Waals surface area (Å²) in [4.78, 5) is 0. The second-order valence-electron chi connectivity index (χ2n) is 4.94. The van der Waals surface area contributed by atoms with E-state index in [4.69, 9.17) is 10.4 Å². The van der Waals surface area contributed by atoms with Crippen LogP contribution in [-0.4, -0.2) is 22.3 Å². The van der Waals surface area contributed by atoms with Crippen molar-refractivity contribution in [2.75, 3.05) is 0 Å². The van der Waals surface area contributed by atoms with Crippen LogP contribution in [0.5, 0.6) is 0 Å². The van der Waals surface area contributed by atoms with Gasteiger partial charge in [0.25, 0.3) is 0 Å². The van der Waals surface area contributed by atoms with Crippen molar-refractivity contribution < 1.29 is 10.4 Å². The Morgan fingerprint density at radius 3 is 2.25 bits per heavy atom. The normalized spacial score (nSPS) is 12.2. The maximum Gasteiger partial charge on any atom is 0.131 e. The number of aryl methyl sites for hydroxylation is 1. The van der Waals surface area contributed by atoms with Crippen LogP contribution < -0.4 is 0 Å². The zero-order chi connectivity index (χ0) is 14.6. The van der Waals surface area contributed by atoms with Crippen LogP contribution in [0.1, 0.15) is 56.6 Å². The lowest BCUT2D eigenvalue weighted by molar-refractivity contribution is 0.316. The van der Waals surface area contributed by atoms with Gasteiger partial charge in [0.1, 0.15) is 5.71 Å². The van der Waals surface area contributed by atoms with Gasteiger partial charge < -0.3 is 10.4 Å². The van der Waals surface area contributed by atoms with Gasteiger partial charge in [-0.05, 0) is 18.4 Å². The minimum absolute atomic E-state index is 0.249. The maximum atomic E-state index is 8.81. The Hall–Kier alpha value is -1.84. The fourth-order valence-electron chi connectivity index (χ4n) is 2.16. The molecule has 0 aromatic heterocycles. The van der Waals surface area contributed by atoms with Crippen LogP contribution in [0.15, 0.2) is 34.6 Å². The van der Waals surface area contributed by atoms with E-state index < -0.39 is 0 Å². The molecule has 0 saturated carbocycles. The highest BCUT2D eigenvalue weighted by Gasteiger charge is 2.02. The Morgan fingerprint density at radius 2 is 1.65 bits per heavy atom. The highest BCUT2D eigenvalue weighted by Crippen LogP contribution is 2.11. The second-order valence-corrected chi connectivity index (χ2v) is 4.94. The predicted molar refractivity (Wildman–Crippen MR) is 82.1 cm³/mol. The molecule has 0 heterocycles. The highest BCUT2D eigenvalue weighted by molar-refractivity contribution is 6.37. The van der Waals surface area contributed by atoms with E-state index >= 15 is 0 Å². The molecule has 4 nitrogen and oxygen atoms in total. The second kappa shape index (κ2) is 10.0. The van der Waals surface area contributed by atoms with E-state index in [1.54, 1.807) is 0 Å². The summed E-state index contributed by atoms with van der Waals surface area (Å²) >= 11 is 0. The van der Waals surface area contributed by atoms with Crippen LogP contribution >= 0.6 is 0 Å². The van der Waals surface area contributed by atoms with Crippen molar-refractivity contribution in [2.24, 2.45) is 10.3 Å². The minimum Gasteiger partial charge on any atom is -0.411 e. The summed E-state index contributed by atoms with van der Waals surface area (Å²) in [6.07, 6.45) is 9.96. The molecule has 0 radical (unpaired) electrons. The molecule has 110 valence electrons. The third kappa shape index (κ3) is 5.87. The van der Waals surface area contributed by atoms with E-state index in [1.807, 2.05) is 24.3 Å². The van der Waals surface area contributed by atoms with Gasteiger partial charge >= 0.3 is 0 Å². The van der Waals surface area contributed by atoms with Gasteiger partial charge in [0, 0.05) is 5.56 Å². The third-order valence-electron chi connectivity index (χ3n) is 3.36. The number of hydrogen-bond acceptors (Lipinski definition) is 4. The van der Waals surface area contributed by atoms with Gasteiger partial charge in [-0.2, -0.15) is 0 Å². The Kier molecular flexibility index (Phi) is 8.11. The maximum absolute atomic E-state index is 8.81. The van der Waals surface area contributed by atoms with Gasteiger partial charge in [-0.3, -0.25) is 0 Å². The Labute approximate surface area is 120 Å². The molecule has 2 N–H and O–H groups in total. The summed E-state index contributed by atoms with van der Waals surface area (Å²) < 4.78 is 0. The smallest absolute Gasteiger partial charge is 0.131 e. The van der Waals surface area contributed by atoms with Crippen molar-refractivity contribution in [2.45, 2.75) is 51.9 Å². The fourth-order valence-corrected chi connectivity index (χ4v) is 2.16. The van der Waals surface area contributed by atoms with Crippen molar-refractivity contribution in [3.63, 3.8) is 0 Å². The lowest BCUT2D eigenvalue weighted by Crippen LogP contribution is -2.02. The van der Waals surface area contributed by atoms with Gasteiger partial charge in [0.15, 0.2) is 0 Å². The van der Waals surface area contributed by atoms with Gasteiger partial charge in [-0.15, -0.1) is 0 Å². The first-order valence-electron chi connectivity index (χ1n) is 7.30. The largest absolute Gasteiger partial charge is 0.411 e. The van der Waals surface area contributed by atoms with Gasteiger partial charge in [0.05, 0.1) is 6.21 Å². The molecular weight excluding hydrogens is 252 g/mol. The molecular formula is C16H24N2O2. The zero-order valence-corrected chi connectivity index (χ0v) is 12.1. The molecule has 0 atom stereocenters. The first kappa shape index (κ1) is 16.2. The molecule has 0 aliphatic heterocycles. The van der Waals surface area contributed by atoms with Crippen LogP contribution in [0.3, 0.4) is 0 Å². The zero-order valence-electron chi connectivity index (χ0n) is 12.1. The lowest BCUT2D eigenvalue weighted by atomic mass is 10.0. The molecule has 0 aliphatic carbocycles. The van der Waals surface area contributed by atoms with E-state index in [2.05, 4.69) is 17.2 Å². The predicted octanol–water partition coefficient (Wildman–Crippen LogP) is 4.23. The topological polar surface area (TPSA) is 65.2 Å². The quantitative estimate of drug-likeness (QED) is 0.307. The molecule has 0 amide bonds. The third-order valence-corrected chi connectivity index (χ3v) is 3.36. The van der Waals surface area contributed by atoms with Crippen LogP contribution in [0.4, 0.5) is 0 Å². The molecule has 20 heavy (non-hydrogen) atoms. The van der Waals surface area contributed by atoms with Crippen molar-refractivity contribution in [3.8, 4) is 0 Å². The number of benzene rings is 1. The number of nitrogens with zero attached hydrogens (tertiary/aromatic N) is 2. The van der Waals surface area contributed by atoms with Crippen molar-refractivity contribution >= 4 is 11.9 Å². The molecule has 0 unspecified atom stereocenters. The summed E-state index contributed by atoms with van der Waals surface area (Å²) in [5, 5.41) is 23.2. The van der Waals surface area contributed by atoms with Gasteiger partial charge in [-0.1, -0.05) is 73.6 Å². The number of oxime groups is 2. The van der Waals surface area contributed by atoms with Gasteiger partial charge in [0.2, 0.25) is 0 Å². The first-order chi connectivity index (χ1) is 9.81. The molecule has 0 spiro atoms. The lowest BCUT2D eigenvalue weighted by Gasteiger charge is -2.04. The van der Waals surface area contributed by atoms with Crippen LogP contribution in [0.2, 0.25) is 0 Å². The fraction of sp³-hybridized carbons (Fsp3) is 0.500. The SMILES string of the molecule is CCCCCCCCc1ccc(C(/C=N/O)=N\O)cc1.